The van der Waals surface area contributed by atoms with Crippen molar-refractivity contribution in [2.75, 3.05) is 5.32 Å². The number of benzene rings is 1. The fourth-order valence-electron chi connectivity index (χ4n) is 2.69. The van der Waals surface area contributed by atoms with E-state index in [1.165, 1.54) is 11.6 Å². The molecule has 30 heavy (non-hydrogen) atoms. The van der Waals surface area contributed by atoms with Crippen LogP contribution in [0.15, 0.2) is 34.9 Å². The molecule has 0 bridgehead atoms. The summed E-state index contributed by atoms with van der Waals surface area (Å²) in [6, 6.07) is 7.25. The molecule has 1 amide bonds. The molecule has 12 heteroatoms. The zero-order chi connectivity index (χ0) is 22.1. The first-order valence-electron chi connectivity index (χ1n) is 8.62. The zero-order valence-electron chi connectivity index (χ0n) is 15.5. The van der Waals surface area contributed by atoms with E-state index in [1.807, 2.05) is 18.2 Å². The molecule has 160 valence electrons. The van der Waals surface area contributed by atoms with Crippen LogP contribution in [0.25, 0.3) is 0 Å². The Morgan fingerprint density at radius 1 is 1.20 bits per heavy atom. The Bertz CT molecular complexity index is 1080. The fourth-order valence-corrected chi connectivity index (χ4v) is 3.59. The molecule has 0 atom stereocenters. The average Bonchev–Trinajstić information content (AvgIpc) is 3.15. The van der Waals surface area contributed by atoms with Crippen LogP contribution in [0.5, 0.6) is 0 Å². The van der Waals surface area contributed by atoms with Crippen molar-refractivity contribution in [1.29, 1.82) is 0 Å². The number of nitrogens with one attached hydrogen (secondary N) is 1. The Morgan fingerprint density at radius 2 is 1.90 bits per heavy atom. The standard InChI is InChI=1S/C18H15BrCl2F3N5O/c1-10-15(19)16(18(22,23)24)26-29(10)7-6-14(30)25-17-13(21)9-28(27-17)8-11-4-2-3-5-12(11)20/h2-5,9H,6-8H2,1H3,(H,25,27,30). The number of carbonyl (C=O) groups excluding carboxylic acids is 1. The van der Waals surface area contributed by atoms with E-state index in [-0.39, 0.29) is 34.0 Å². The molecule has 0 saturated heterocycles. The van der Waals surface area contributed by atoms with Gasteiger partial charge in [0, 0.05) is 17.6 Å². The number of aryl methyl sites for hydroxylation is 1. The second kappa shape index (κ2) is 8.99. The highest BCUT2D eigenvalue weighted by Crippen LogP contribution is 2.35. The summed E-state index contributed by atoms with van der Waals surface area (Å²) in [5.41, 5.74) is 0.0790. The molecule has 0 saturated carbocycles. The Labute approximate surface area is 188 Å². The summed E-state index contributed by atoms with van der Waals surface area (Å²) in [5.74, 6) is -0.303. The van der Waals surface area contributed by atoms with E-state index in [1.54, 1.807) is 12.3 Å². The van der Waals surface area contributed by atoms with Crippen molar-refractivity contribution in [3.63, 3.8) is 0 Å². The number of halogens is 6. The number of alkyl halides is 3. The molecule has 0 fully saturated rings. The summed E-state index contributed by atoms with van der Waals surface area (Å²) in [4.78, 5) is 12.2. The van der Waals surface area contributed by atoms with E-state index in [0.29, 0.717) is 11.6 Å². The summed E-state index contributed by atoms with van der Waals surface area (Å²) in [6.45, 7) is 1.80. The molecule has 2 heterocycles. The number of nitrogens with zero attached hydrogens (tertiary/aromatic N) is 4. The summed E-state index contributed by atoms with van der Waals surface area (Å²) >= 11 is 15.2. The first-order valence-corrected chi connectivity index (χ1v) is 10.2. The maximum atomic E-state index is 12.9. The quantitative estimate of drug-likeness (QED) is 0.459. The van der Waals surface area contributed by atoms with Gasteiger partial charge in [-0.25, -0.2) is 0 Å². The van der Waals surface area contributed by atoms with Crippen molar-refractivity contribution in [1.82, 2.24) is 19.6 Å². The van der Waals surface area contributed by atoms with E-state index in [9.17, 15) is 18.0 Å². The van der Waals surface area contributed by atoms with Crippen molar-refractivity contribution in [2.45, 2.75) is 32.6 Å². The highest BCUT2D eigenvalue weighted by molar-refractivity contribution is 9.10. The Balaban J connectivity index is 1.63. The molecular formula is C18H15BrCl2F3N5O. The third-order valence-corrected chi connectivity index (χ3v) is 5.81. The van der Waals surface area contributed by atoms with Gasteiger partial charge in [-0.3, -0.25) is 14.2 Å². The number of carbonyl (C=O) groups is 1. The lowest BCUT2D eigenvalue weighted by molar-refractivity contribution is -0.142. The van der Waals surface area contributed by atoms with Crippen LogP contribution in [0.2, 0.25) is 10.0 Å². The van der Waals surface area contributed by atoms with Crippen molar-refractivity contribution < 1.29 is 18.0 Å². The van der Waals surface area contributed by atoms with Gasteiger partial charge < -0.3 is 5.32 Å². The van der Waals surface area contributed by atoms with Crippen molar-refractivity contribution in [3.8, 4) is 0 Å². The average molecular weight is 525 g/mol. The number of hydrogen-bond acceptors (Lipinski definition) is 3. The summed E-state index contributed by atoms with van der Waals surface area (Å²) in [6.07, 6.45) is -3.15. The van der Waals surface area contributed by atoms with Crippen LogP contribution in [0.1, 0.15) is 23.4 Å². The van der Waals surface area contributed by atoms with Crippen LogP contribution in [0, 0.1) is 6.92 Å². The monoisotopic (exact) mass is 523 g/mol. The number of amides is 1. The molecule has 0 radical (unpaired) electrons. The molecule has 0 unspecified atom stereocenters. The summed E-state index contributed by atoms with van der Waals surface area (Å²) in [7, 11) is 0. The van der Waals surface area contributed by atoms with Gasteiger partial charge in [0.25, 0.3) is 0 Å². The smallest absolute Gasteiger partial charge is 0.308 e. The van der Waals surface area contributed by atoms with Crippen LogP contribution in [0.3, 0.4) is 0 Å². The van der Waals surface area contributed by atoms with Crippen LogP contribution in [-0.4, -0.2) is 25.5 Å². The predicted octanol–water partition coefficient (Wildman–Crippen LogP) is 5.55. The highest BCUT2D eigenvalue weighted by atomic mass is 79.9. The minimum absolute atomic E-state index is 0.0374. The van der Waals surface area contributed by atoms with E-state index in [4.69, 9.17) is 23.2 Å². The lowest BCUT2D eigenvalue weighted by atomic mass is 10.2. The van der Waals surface area contributed by atoms with Gasteiger partial charge in [0.2, 0.25) is 5.91 Å². The number of aromatic nitrogens is 4. The van der Waals surface area contributed by atoms with Crippen molar-refractivity contribution in [3.05, 3.63) is 61.9 Å². The molecule has 3 aromatic rings. The van der Waals surface area contributed by atoms with Gasteiger partial charge in [-0.15, -0.1) is 0 Å². The Kier molecular flexibility index (Phi) is 6.78. The molecule has 1 aromatic carbocycles. The molecular weight excluding hydrogens is 510 g/mol. The zero-order valence-corrected chi connectivity index (χ0v) is 18.6. The lowest BCUT2D eigenvalue weighted by Crippen LogP contribution is -2.17. The first-order chi connectivity index (χ1) is 14.1. The first kappa shape index (κ1) is 22.6. The molecule has 0 aliphatic carbocycles. The van der Waals surface area contributed by atoms with Gasteiger partial charge in [-0.2, -0.15) is 23.4 Å². The minimum Gasteiger partial charge on any atom is -0.308 e. The normalized spacial score (nSPS) is 11.7. The fraction of sp³-hybridized carbons (Fsp3) is 0.278. The molecule has 1 N–H and O–H groups in total. The van der Waals surface area contributed by atoms with Gasteiger partial charge in [0.1, 0.15) is 5.02 Å². The van der Waals surface area contributed by atoms with E-state index in [0.717, 1.165) is 10.2 Å². The predicted molar refractivity (Wildman–Crippen MR) is 111 cm³/mol. The largest absolute Gasteiger partial charge is 0.436 e. The van der Waals surface area contributed by atoms with Gasteiger partial charge in [-0.05, 0) is 34.5 Å². The maximum Gasteiger partial charge on any atom is 0.436 e. The second-order valence-corrected chi connectivity index (χ2v) is 7.99. The molecule has 0 aliphatic rings. The molecule has 2 aromatic heterocycles. The van der Waals surface area contributed by atoms with Gasteiger partial charge in [0.15, 0.2) is 11.5 Å². The van der Waals surface area contributed by atoms with E-state index >= 15 is 0 Å². The molecule has 0 spiro atoms. The van der Waals surface area contributed by atoms with Crippen LogP contribution in [-0.2, 0) is 24.1 Å². The molecule has 6 nitrogen and oxygen atoms in total. The number of rotatable bonds is 6. The topological polar surface area (TPSA) is 64.7 Å². The van der Waals surface area contributed by atoms with E-state index < -0.39 is 17.8 Å². The maximum absolute atomic E-state index is 12.9. The number of hydrogen-bond donors (Lipinski definition) is 1. The SMILES string of the molecule is Cc1c(Br)c(C(F)(F)F)nn1CCC(=O)Nc1nn(Cc2ccccc2Cl)cc1Cl. The lowest BCUT2D eigenvalue weighted by Gasteiger charge is -2.06. The van der Waals surface area contributed by atoms with Crippen molar-refractivity contribution >= 4 is 50.9 Å². The Morgan fingerprint density at radius 3 is 2.53 bits per heavy atom. The van der Waals surface area contributed by atoms with Gasteiger partial charge in [0.05, 0.1) is 23.3 Å². The summed E-state index contributed by atoms with van der Waals surface area (Å²) in [5, 5.41) is 11.1. The van der Waals surface area contributed by atoms with Gasteiger partial charge >= 0.3 is 6.18 Å². The van der Waals surface area contributed by atoms with Crippen LogP contribution in [0.4, 0.5) is 19.0 Å². The van der Waals surface area contributed by atoms with Crippen LogP contribution >= 0.6 is 39.1 Å². The Hall–Kier alpha value is -2.04. The van der Waals surface area contributed by atoms with Crippen LogP contribution < -0.4 is 5.32 Å². The highest BCUT2D eigenvalue weighted by Gasteiger charge is 2.37. The van der Waals surface area contributed by atoms with E-state index in [2.05, 4.69) is 31.4 Å². The third-order valence-electron chi connectivity index (χ3n) is 4.22. The third kappa shape index (κ3) is 5.16. The van der Waals surface area contributed by atoms with Crippen molar-refractivity contribution in [2.24, 2.45) is 0 Å². The number of anilines is 1. The van der Waals surface area contributed by atoms with Gasteiger partial charge in [-0.1, -0.05) is 41.4 Å². The molecule has 3 rings (SSSR count). The summed E-state index contributed by atoms with van der Waals surface area (Å²) < 4.78 is 41.3. The molecule has 0 aliphatic heterocycles. The second-order valence-electron chi connectivity index (χ2n) is 6.38. The minimum atomic E-state index is -4.58.